The number of esters is 2. The molecule has 2 atom stereocenters. The number of unbranched alkanes of at least 4 members (excludes halogenated alkanes) is 20. The molecule has 0 spiro atoms. The Morgan fingerprint density at radius 1 is 0.596 bits per heavy atom. The van der Waals surface area contributed by atoms with E-state index in [1.54, 1.807) is 0 Å². The molecule has 306 valence electrons. The predicted octanol–water partition coefficient (Wildman–Crippen LogP) is 10.9. The van der Waals surface area contributed by atoms with Crippen LogP contribution in [-0.2, 0) is 32.7 Å². The number of likely N-dealkylation sites (N-methyl/N-ethyl adjacent to an activating group) is 1. The van der Waals surface area contributed by atoms with Crippen molar-refractivity contribution in [3.05, 3.63) is 24.3 Å². The Bertz CT molecular complexity index is 949. The van der Waals surface area contributed by atoms with E-state index in [4.69, 9.17) is 18.5 Å². The number of ether oxygens (including phenoxy) is 2. The Morgan fingerprint density at radius 2 is 1.06 bits per heavy atom. The maximum absolute atomic E-state index is 12.6. The zero-order chi connectivity index (χ0) is 38.6. The van der Waals surface area contributed by atoms with E-state index in [0.29, 0.717) is 23.9 Å². The van der Waals surface area contributed by atoms with Gasteiger partial charge in [0.25, 0.3) is 7.82 Å². The molecule has 0 saturated carbocycles. The molecule has 0 aliphatic carbocycles. The molecule has 0 aromatic carbocycles. The lowest BCUT2D eigenvalue weighted by Crippen LogP contribution is -2.37. The van der Waals surface area contributed by atoms with Crippen LogP contribution >= 0.6 is 7.82 Å². The molecule has 0 aromatic rings. The first-order valence-corrected chi connectivity index (χ1v) is 22.5. The number of allylic oxidation sites excluding steroid dienone is 4. The summed E-state index contributed by atoms with van der Waals surface area (Å²) in [6.07, 6.45) is 36.4. The minimum absolute atomic E-state index is 0.0351. The van der Waals surface area contributed by atoms with Crippen molar-refractivity contribution >= 4 is 19.8 Å². The Kier molecular flexibility index (Phi) is 34.2. The molecule has 0 saturated heterocycles. The summed E-state index contributed by atoms with van der Waals surface area (Å²) >= 11 is 0. The Labute approximate surface area is 319 Å². The van der Waals surface area contributed by atoms with E-state index in [-0.39, 0.29) is 26.1 Å². The van der Waals surface area contributed by atoms with Crippen LogP contribution in [-0.4, -0.2) is 70.0 Å². The highest BCUT2D eigenvalue weighted by Gasteiger charge is 2.21. The van der Waals surface area contributed by atoms with Gasteiger partial charge in [-0.05, 0) is 38.5 Å². The summed E-state index contributed by atoms with van der Waals surface area (Å²) in [4.78, 5) is 37.4. The van der Waals surface area contributed by atoms with E-state index in [0.717, 1.165) is 38.5 Å². The van der Waals surface area contributed by atoms with E-state index in [1.807, 2.05) is 21.1 Å². The van der Waals surface area contributed by atoms with E-state index < -0.39 is 32.5 Å². The highest BCUT2D eigenvalue weighted by atomic mass is 31.2. The van der Waals surface area contributed by atoms with Crippen LogP contribution in [0, 0.1) is 0 Å². The molecule has 0 rings (SSSR count). The molecule has 0 aromatic heterocycles. The van der Waals surface area contributed by atoms with Crippen molar-refractivity contribution in [2.75, 3.05) is 47.5 Å². The molecule has 9 nitrogen and oxygen atoms in total. The van der Waals surface area contributed by atoms with E-state index in [2.05, 4.69) is 38.2 Å². The summed E-state index contributed by atoms with van der Waals surface area (Å²) in [7, 11) is 1.15. The van der Waals surface area contributed by atoms with Crippen LogP contribution in [0.3, 0.4) is 0 Å². The molecule has 0 amide bonds. The molecule has 0 aliphatic rings. The quantitative estimate of drug-likeness (QED) is 0.0201. The molecule has 1 unspecified atom stereocenters. The standard InChI is InChI=1S/C42H80NO8P/c1-6-8-10-12-14-16-18-19-20-21-22-23-25-26-28-30-32-34-41(44)48-38-40(39-50-52(46,47)49-37-36-43(3,4)5)51-42(45)35-33-31-29-27-24-17-15-13-11-9-7-2/h22-23,26,28,40H,6-21,24-25,27,29-39H2,1-5H3/b23-22+,28-26+/t40-/m0/s1. The first-order valence-electron chi connectivity index (χ1n) is 21.0. The maximum Gasteiger partial charge on any atom is 0.306 e. The van der Waals surface area contributed by atoms with Gasteiger partial charge in [0.15, 0.2) is 6.10 Å². The summed E-state index contributed by atoms with van der Waals surface area (Å²) in [6.45, 7) is 4.17. The van der Waals surface area contributed by atoms with Crippen LogP contribution in [0.2, 0.25) is 0 Å². The van der Waals surface area contributed by atoms with Crippen molar-refractivity contribution in [2.24, 2.45) is 0 Å². The fourth-order valence-corrected chi connectivity index (χ4v) is 6.36. The number of rotatable bonds is 38. The molecule has 10 heteroatoms. The third kappa shape index (κ3) is 38.2. The normalized spacial score (nSPS) is 13.9. The van der Waals surface area contributed by atoms with Crippen molar-refractivity contribution in [1.29, 1.82) is 0 Å². The zero-order valence-electron chi connectivity index (χ0n) is 34.3. The van der Waals surface area contributed by atoms with Crippen LogP contribution in [0.5, 0.6) is 0 Å². The summed E-state index contributed by atoms with van der Waals surface area (Å²) in [5, 5.41) is 0. The van der Waals surface area contributed by atoms with Gasteiger partial charge in [0.05, 0.1) is 27.7 Å². The molecule has 0 bridgehead atoms. The van der Waals surface area contributed by atoms with E-state index >= 15 is 0 Å². The second-order valence-electron chi connectivity index (χ2n) is 15.4. The fraction of sp³-hybridized carbons (Fsp3) is 0.857. The zero-order valence-corrected chi connectivity index (χ0v) is 35.2. The maximum atomic E-state index is 12.6. The number of carbonyl (C=O) groups is 2. The molecule has 0 N–H and O–H groups in total. The fourth-order valence-electron chi connectivity index (χ4n) is 5.63. The van der Waals surface area contributed by atoms with Gasteiger partial charge in [-0.3, -0.25) is 14.2 Å². The van der Waals surface area contributed by atoms with Crippen LogP contribution < -0.4 is 4.89 Å². The van der Waals surface area contributed by atoms with Crippen molar-refractivity contribution in [1.82, 2.24) is 0 Å². The topological polar surface area (TPSA) is 111 Å². The number of nitrogens with zero attached hydrogens (tertiary/aromatic N) is 1. The Balaban J connectivity index is 4.41. The lowest BCUT2D eigenvalue weighted by molar-refractivity contribution is -0.870. The van der Waals surface area contributed by atoms with Gasteiger partial charge in [-0.15, -0.1) is 0 Å². The SMILES string of the molecule is CCCCCCCCCCC/C=C/C/C=C/CCCC(=O)OC[C@@H](COP(=O)([O-])OCC[N+](C)(C)C)OC(=O)CCCCCCCCCCCCC. The van der Waals surface area contributed by atoms with E-state index in [1.165, 1.54) is 103 Å². The van der Waals surface area contributed by atoms with Crippen molar-refractivity contribution < 1.29 is 42.1 Å². The lowest BCUT2D eigenvalue weighted by atomic mass is 10.1. The first-order chi connectivity index (χ1) is 25.0. The average Bonchev–Trinajstić information content (AvgIpc) is 3.09. The second-order valence-corrected chi connectivity index (χ2v) is 16.8. The number of hydrogen-bond donors (Lipinski definition) is 0. The molecule has 0 fully saturated rings. The van der Waals surface area contributed by atoms with Gasteiger partial charge in [0, 0.05) is 12.8 Å². The third-order valence-corrected chi connectivity index (χ3v) is 9.94. The number of phosphoric acid groups is 1. The van der Waals surface area contributed by atoms with Crippen LogP contribution in [0.15, 0.2) is 24.3 Å². The number of quaternary nitrogens is 1. The molecule has 0 heterocycles. The number of phosphoric ester groups is 1. The van der Waals surface area contributed by atoms with Gasteiger partial charge in [0.1, 0.15) is 19.8 Å². The van der Waals surface area contributed by atoms with Gasteiger partial charge in [-0.1, -0.05) is 154 Å². The van der Waals surface area contributed by atoms with Crippen molar-refractivity contribution in [3.8, 4) is 0 Å². The molecule has 0 radical (unpaired) electrons. The molecule has 0 aliphatic heterocycles. The summed E-state index contributed by atoms with van der Waals surface area (Å²) < 4.78 is 33.8. The summed E-state index contributed by atoms with van der Waals surface area (Å²) in [6, 6.07) is 0. The second kappa shape index (κ2) is 35.2. The third-order valence-electron chi connectivity index (χ3n) is 8.97. The minimum atomic E-state index is -4.62. The highest BCUT2D eigenvalue weighted by molar-refractivity contribution is 7.45. The Hall–Kier alpha value is -1.51. The summed E-state index contributed by atoms with van der Waals surface area (Å²) in [5.74, 6) is -0.884. The van der Waals surface area contributed by atoms with Crippen LogP contribution in [0.1, 0.15) is 181 Å². The van der Waals surface area contributed by atoms with Crippen molar-refractivity contribution in [3.63, 3.8) is 0 Å². The van der Waals surface area contributed by atoms with Gasteiger partial charge in [-0.2, -0.15) is 0 Å². The Morgan fingerprint density at radius 3 is 1.58 bits per heavy atom. The van der Waals surface area contributed by atoms with Crippen LogP contribution in [0.4, 0.5) is 0 Å². The molecular weight excluding hydrogens is 677 g/mol. The van der Waals surface area contributed by atoms with Gasteiger partial charge in [0.2, 0.25) is 0 Å². The predicted molar refractivity (Wildman–Crippen MR) is 213 cm³/mol. The largest absolute Gasteiger partial charge is 0.756 e. The van der Waals surface area contributed by atoms with Crippen molar-refractivity contribution in [2.45, 2.75) is 187 Å². The number of carbonyl (C=O) groups excluding carboxylic acids is 2. The van der Waals surface area contributed by atoms with Gasteiger partial charge < -0.3 is 27.9 Å². The smallest absolute Gasteiger partial charge is 0.306 e. The minimum Gasteiger partial charge on any atom is -0.756 e. The molecular formula is C42H80NO8P. The molecule has 52 heavy (non-hydrogen) atoms. The van der Waals surface area contributed by atoms with Gasteiger partial charge >= 0.3 is 11.9 Å². The highest BCUT2D eigenvalue weighted by Crippen LogP contribution is 2.38. The number of hydrogen-bond acceptors (Lipinski definition) is 8. The average molecular weight is 758 g/mol. The monoisotopic (exact) mass is 758 g/mol. The summed E-state index contributed by atoms with van der Waals surface area (Å²) in [5.41, 5.74) is 0. The van der Waals surface area contributed by atoms with Crippen LogP contribution in [0.25, 0.3) is 0 Å². The first kappa shape index (κ1) is 50.5. The lowest BCUT2D eigenvalue weighted by Gasteiger charge is -2.28. The van der Waals surface area contributed by atoms with E-state index in [9.17, 15) is 19.0 Å². The van der Waals surface area contributed by atoms with Gasteiger partial charge in [-0.25, -0.2) is 0 Å².